The van der Waals surface area contributed by atoms with Gasteiger partial charge in [-0.1, -0.05) is 31.9 Å². The van der Waals surface area contributed by atoms with Gasteiger partial charge in [0.1, 0.15) is 0 Å². The van der Waals surface area contributed by atoms with Crippen LogP contribution in [0.25, 0.3) is 0 Å². The third-order valence-electron chi connectivity index (χ3n) is 5.27. The molecule has 0 aromatic carbocycles. The Morgan fingerprint density at radius 2 is 2.14 bits per heavy atom. The molecule has 2 fully saturated rings. The topological polar surface area (TPSA) is 51.0 Å². The zero-order valence-electron chi connectivity index (χ0n) is 14.0. The average Bonchev–Trinajstić information content (AvgIpc) is 3.07. The van der Waals surface area contributed by atoms with E-state index in [1.807, 2.05) is 10.9 Å². The maximum absolute atomic E-state index is 12.9. The zero-order chi connectivity index (χ0) is 15.7. The molecular weight excluding hydrogens is 276 g/mol. The lowest BCUT2D eigenvalue weighted by atomic mass is 9.85. The summed E-state index contributed by atoms with van der Waals surface area (Å²) in [6.45, 7) is 7.40. The molecule has 122 valence electrons. The molecule has 1 saturated carbocycles. The summed E-state index contributed by atoms with van der Waals surface area (Å²) in [5.74, 6) is 1.41. The van der Waals surface area contributed by atoms with Crippen molar-refractivity contribution in [1.29, 1.82) is 0 Å². The Hall–Kier alpha value is -1.39. The number of carbonyl (C=O) groups is 1. The second-order valence-electron chi connectivity index (χ2n) is 7.46. The second kappa shape index (κ2) is 6.39. The van der Waals surface area contributed by atoms with Crippen molar-refractivity contribution < 1.29 is 4.79 Å². The third kappa shape index (κ3) is 3.03. The van der Waals surface area contributed by atoms with E-state index in [-0.39, 0.29) is 5.91 Å². The molecule has 5 heteroatoms. The summed E-state index contributed by atoms with van der Waals surface area (Å²) in [4.78, 5) is 15.0. The number of amides is 1. The fraction of sp³-hybridized carbons (Fsp3) is 0.824. The Morgan fingerprint density at radius 3 is 2.91 bits per heavy atom. The quantitative estimate of drug-likeness (QED) is 0.859. The molecule has 1 amide bonds. The molecule has 1 aliphatic carbocycles. The van der Waals surface area contributed by atoms with Crippen LogP contribution in [-0.4, -0.2) is 37.9 Å². The van der Waals surface area contributed by atoms with Gasteiger partial charge in [-0.05, 0) is 44.4 Å². The molecule has 1 aromatic rings. The molecule has 3 rings (SSSR count). The highest BCUT2D eigenvalue weighted by Gasteiger charge is 2.43. The molecule has 0 spiro atoms. The van der Waals surface area contributed by atoms with E-state index in [0.717, 1.165) is 25.8 Å². The fourth-order valence-electron chi connectivity index (χ4n) is 4.09. The van der Waals surface area contributed by atoms with Crippen LogP contribution in [0.2, 0.25) is 0 Å². The summed E-state index contributed by atoms with van der Waals surface area (Å²) in [5.41, 5.74) is 0.516. The Balaban J connectivity index is 1.70. The van der Waals surface area contributed by atoms with Crippen LogP contribution in [0.15, 0.2) is 6.20 Å². The van der Waals surface area contributed by atoms with E-state index in [9.17, 15) is 4.79 Å². The van der Waals surface area contributed by atoms with Crippen molar-refractivity contribution in [1.82, 2.24) is 19.9 Å². The Morgan fingerprint density at radius 1 is 1.36 bits per heavy atom. The van der Waals surface area contributed by atoms with Crippen molar-refractivity contribution in [3.8, 4) is 0 Å². The van der Waals surface area contributed by atoms with Crippen LogP contribution in [0.4, 0.5) is 0 Å². The van der Waals surface area contributed by atoms with Crippen molar-refractivity contribution in [2.75, 3.05) is 0 Å². The van der Waals surface area contributed by atoms with Gasteiger partial charge < -0.3 is 4.90 Å². The molecular formula is C17H28N4O. The highest BCUT2D eigenvalue weighted by Crippen LogP contribution is 2.40. The normalized spacial score (nSPS) is 28.2. The van der Waals surface area contributed by atoms with Gasteiger partial charge in [0.25, 0.3) is 5.91 Å². The monoisotopic (exact) mass is 304 g/mol. The smallest absolute Gasteiger partial charge is 0.276 e. The lowest BCUT2D eigenvalue weighted by molar-refractivity contribution is 0.0627. The van der Waals surface area contributed by atoms with E-state index in [4.69, 9.17) is 0 Å². The number of likely N-dealkylation sites (tertiary alicyclic amines) is 1. The average molecular weight is 304 g/mol. The lowest BCUT2D eigenvalue weighted by Crippen LogP contribution is -2.42. The molecule has 1 saturated heterocycles. The Bertz CT molecular complexity index is 524. The molecule has 0 N–H and O–H groups in total. The SMILES string of the molecule is CC(C)CCn1cc(C(=O)N2C(C)CC3CCCCC32)nn1. The third-order valence-corrected chi connectivity index (χ3v) is 5.27. The minimum absolute atomic E-state index is 0.0812. The van der Waals surface area contributed by atoms with Crippen LogP contribution in [0.3, 0.4) is 0 Å². The molecule has 1 aliphatic heterocycles. The largest absolute Gasteiger partial charge is 0.331 e. The molecule has 2 heterocycles. The van der Waals surface area contributed by atoms with Crippen LogP contribution in [0, 0.1) is 11.8 Å². The van der Waals surface area contributed by atoms with Gasteiger partial charge >= 0.3 is 0 Å². The maximum Gasteiger partial charge on any atom is 0.276 e. The van der Waals surface area contributed by atoms with E-state index >= 15 is 0 Å². The standard InChI is InChI=1S/C17H28N4O/c1-12(2)8-9-20-11-15(18-19-20)17(22)21-13(3)10-14-6-4-5-7-16(14)21/h11-14,16H,4-10H2,1-3H3. The van der Waals surface area contributed by atoms with Crippen LogP contribution >= 0.6 is 0 Å². The number of aryl methyl sites for hydroxylation is 1. The maximum atomic E-state index is 12.9. The summed E-state index contributed by atoms with van der Waals surface area (Å²) in [7, 11) is 0. The van der Waals surface area contributed by atoms with Gasteiger partial charge in [-0.15, -0.1) is 5.10 Å². The fourth-order valence-corrected chi connectivity index (χ4v) is 4.09. The molecule has 2 aliphatic rings. The first kappa shape index (κ1) is 15.5. The number of carbonyl (C=O) groups excluding carboxylic acids is 1. The minimum Gasteiger partial charge on any atom is -0.331 e. The van der Waals surface area contributed by atoms with E-state index in [1.54, 1.807) is 0 Å². The molecule has 0 bridgehead atoms. The van der Waals surface area contributed by atoms with Gasteiger partial charge in [-0.3, -0.25) is 9.48 Å². The number of hydrogen-bond acceptors (Lipinski definition) is 3. The predicted octanol–water partition coefficient (Wildman–Crippen LogP) is 3.12. The minimum atomic E-state index is 0.0812. The second-order valence-corrected chi connectivity index (χ2v) is 7.46. The molecule has 22 heavy (non-hydrogen) atoms. The Kier molecular flexibility index (Phi) is 4.50. The van der Waals surface area contributed by atoms with E-state index in [1.165, 1.54) is 19.3 Å². The first-order valence-electron chi connectivity index (χ1n) is 8.79. The highest BCUT2D eigenvalue weighted by atomic mass is 16.2. The van der Waals surface area contributed by atoms with Gasteiger partial charge in [0.2, 0.25) is 0 Å². The zero-order valence-corrected chi connectivity index (χ0v) is 14.0. The molecule has 3 unspecified atom stereocenters. The molecule has 0 radical (unpaired) electrons. The Labute approximate surface area is 133 Å². The summed E-state index contributed by atoms with van der Waals surface area (Å²) < 4.78 is 1.81. The van der Waals surface area contributed by atoms with Gasteiger partial charge in [-0.25, -0.2) is 0 Å². The first-order chi connectivity index (χ1) is 10.6. The van der Waals surface area contributed by atoms with E-state index in [0.29, 0.717) is 29.6 Å². The van der Waals surface area contributed by atoms with Gasteiger partial charge in [0.15, 0.2) is 5.69 Å². The summed E-state index contributed by atoms with van der Waals surface area (Å²) in [6.07, 6.45) is 9.04. The number of fused-ring (bicyclic) bond motifs is 1. The van der Waals surface area contributed by atoms with Crippen LogP contribution < -0.4 is 0 Å². The molecule has 5 nitrogen and oxygen atoms in total. The van der Waals surface area contributed by atoms with Gasteiger partial charge in [-0.2, -0.15) is 0 Å². The van der Waals surface area contributed by atoms with Crippen LogP contribution in [0.5, 0.6) is 0 Å². The van der Waals surface area contributed by atoms with Crippen LogP contribution in [0.1, 0.15) is 69.8 Å². The highest BCUT2D eigenvalue weighted by molar-refractivity contribution is 5.92. The van der Waals surface area contributed by atoms with Crippen molar-refractivity contribution >= 4 is 5.91 Å². The molecule has 1 aromatic heterocycles. The van der Waals surface area contributed by atoms with E-state index < -0.39 is 0 Å². The number of aromatic nitrogens is 3. The first-order valence-corrected chi connectivity index (χ1v) is 8.79. The summed E-state index contributed by atoms with van der Waals surface area (Å²) in [5, 5.41) is 8.26. The lowest BCUT2D eigenvalue weighted by Gasteiger charge is -2.32. The number of rotatable bonds is 4. The van der Waals surface area contributed by atoms with Crippen molar-refractivity contribution in [2.45, 2.75) is 77.9 Å². The van der Waals surface area contributed by atoms with E-state index in [2.05, 4.69) is 36.0 Å². The summed E-state index contributed by atoms with van der Waals surface area (Å²) in [6, 6.07) is 0.762. The number of hydrogen-bond donors (Lipinski definition) is 0. The van der Waals surface area contributed by atoms with Crippen molar-refractivity contribution in [2.24, 2.45) is 11.8 Å². The number of nitrogens with zero attached hydrogens (tertiary/aromatic N) is 4. The summed E-state index contributed by atoms with van der Waals surface area (Å²) >= 11 is 0. The van der Waals surface area contributed by atoms with Crippen molar-refractivity contribution in [3.63, 3.8) is 0 Å². The van der Waals surface area contributed by atoms with Crippen molar-refractivity contribution in [3.05, 3.63) is 11.9 Å². The van der Waals surface area contributed by atoms with Gasteiger partial charge in [0, 0.05) is 18.6 Å². The van der Waals surface area contributed by atoms with Crippen LogP contribution in [-0.2, 0) is 6.54 Å². The molecule has 3 atom stereocenters. The van der Waals surface area contributed by atoms with Gasteiger partial charge in [0.05, 0.1) is 6.20 Å². The predicted molar refractivity (Wildman–Crippen MR) is 85.5 cm³/mol.